The van der Waals surface area contributed by atoms with Crippen molar-refractivity contribution < 1.29 is 4.74 Å². The molecule has 19 heavy (non-hydrogen) atoms. The lowest BCUT2D eigenvalue weighted by Gasteiger charge is -2.05. The van der Waals surface area contributed by atoms with E-state index in [2.05, 4.69) is 41.2 Å². The van der Waals surface area contributed by atoms with Crippen molar-refractivity contribution in [1.82, 2.24) is 9.97 Å². The number of aryl methyl sites for hydroxylation is 1. The summed E-state index contributed by atoms with van der Waals surface area (Å²) < 4.78 is 5.30. The van der Waals surface area contributed by atoms with E-state index in [1.54, 1.807) is 17.8 Å². The Morgan fingerprint density at radius 1 is 1.21 bits per heavy atom. The largest absolute Gasteiger partial charge is 0.374 e. The monoisotopic (exact) mass is 294 g/mol. The second kappa shape index (κ2) is 6.89. The predicted molar refractivity (Wildman–Crippen MR) is 77.7 cm³/mol. The fraction of sp³-hybridized carbons (Fsp3) is 0.286. The van der Waals surface area contributed by atoms with Crippen molar-refractivity contribution in [2.45, 2.75) is 30.4 Å². The molecule has 2 rings (SSSR count). The number of hydrogen-bond donors (Lipinski definition) is 0. The highest BCUT2D eigenvalue weighted by molar-refractivity contribution is 7.99. The first-order valence-electron chi connectivity index (χ1n) is 6.03. The molecule has 0 N–H and O–H groups in total. The van der Waals surface area contributed by atoms with Crippen LogP contribution in [0.2, 0.25) is 5.15 Å². The zero-order chi connectivity index (χ0) is 13.7. The minimum absolute atomic E-state index is 0.387. The van der Waals surface area contributed by atoms with Crippen LogP contribution in [0.25, 0.3) is 0 Å². The van der Waals surface area contributed by atoms with E-state index in [1.807, 2.05) is 6.92 Å². The van der Waals surface area contributed by atoms with Crippen molar-refractivity contribution in [3.63, 3.8) is 0 Å². The molecular formula is C14H15ClN2OS. The van der Waals surface area contributed by atoms with Crippen molar-refractivity contribution in [2.24, 2.45) is 0 Å². The van der Waals surface area contributed by atoms with Gasteiger partial charge in [-0.15, -0.1) is 0 Å². The minimum atomic E-state index is 0.387. The Balaban J connectivity index is 2.15. The van der Waals surface area contributed by atoms with Crippen LogP contribution in [0.4, 0.5) is 0 Å². The maximum Gasteiger partial charge on any atom is 0.157 e. The van der Waals surface area contributed by atoms with Gasteiger partial charge in [0.1, 0.15) is 16.8 Å². The Hall–Kier alpha value is -1.10. The number of hydrogen-bond acceptors (Lipinski definition) is 4. The molecule has 1 heterocycles. The average molecular weight is 295 g/mol. The Morgan fingerprint density at radius 3 is 2.63 bits per heavy atom. The molecule has 0 fully saturated rings. The van der Waals surface area contributed by atoms with Gasteiger partial charge in [0.25, 0.3) is 0 Å². The molecule has 0 aliphatic rings. The molecule has 0 amide bonds. The number of halogens is 1. The number of aromatic nitrogens is 2. The summed E-state index contributed by atoms with van der Waals surface area (Å²) in [7, 11) is 0. The zero-order valence-corrected chi connectivity index (χ0v) is 12.5. The normalized spacial score (nSPS) is 10.7. The molecule has 0 radical (unpaired) electrons. The molecule has 3 nitrogen and oxygen atoms in total. The van der Waals surface area contributed by atoms with Crippen molar-refractivity contribution in [3.05, 3.63) is 46.9 Å². The molecule has 0 bridgehead atoms. The van der Waals surface area contributed by atoms with Gasteiger partial charge in [-0.2, -0.15) is 0 Å². The summed E-state index contributed by atoms with van der Waals surface area (Å²) in [5, 5.41) is 1.28. The van der Waals surface area contributed by atoms with E-state index in [1.165, 1.54) is 5.56 Å². The van der Waals surface area contributed by atoms with Gasteiger partial charge < -0.3 is 4.74 Å². The maximum absolute atomic E-state index is 6.00. The van der Waals surface area contributed by atoms with E-state index in [9.17, 15) is 0 Å². The van der Waals surface area contributed by atoms with Crippen LogP contribution < -0.4 is 0 Å². The average Bonchev–Trinajstić information content (AvgIpc) is 2.38. The Kier molecular flexibility index (Phi) is 5.19. The van der Waals surface area contributed by atoms with Gasteiger partial charge in [-0.25, -0.2) is 9.97 Å². The summed E-state index contributed by atoms with van der Waals surface area (Å²) >= 11 is 7.57. The lowest BCUT2D eigenvalue weighted by atomic mass is 10.2. The van der Waals surface area contributed by atoms with E-state index < -0.39 is 0 Å². The summed E-state index contributed by atoms with van der Waals surface area (Å²) in [4.78, 5) is 9.70. The summed E-state index contributed by atoms with van der Waals surface area (Å²) in [5.41, 5.74) is 1.24. The summed E-state index contributed by atoms with van der Waals surface area (Å²) in [5.74, 6) is 0.615. The van der Waals surface area contributed by atoms with Gasteiger partial charge in [0, 0.05) is 17.6 Å². The van der Waals surface area contributed by atoms with E-state index in [4.69, 9.17) is 16.3 Å². The summed E-state index contributed by atoms with van der Waals surface area (Å²) in [6, 6.07) is 10.1. The van der Waals surface area contributed by atoms with Crippen LogP contribution in [0.1, 0.15) is 18.3 Å². The Bertz CT molecular complexity index is 546. The first kappa shape index (κ1) is 14.3. The molecule has 0 saturated heterocycles. The lowest BCUT2D eigenvalue weighted by molar-refractivity contribution is 0.128. The van der Waals surface area contributed by atoms with Crippen LogP contribution >= 0.6 is 23.4 Å². The molecule has 0 atom stereocenters. The second-order valence-corrected chi connectivity index (χ2v) is 5.48. The van der Waals surface area contributed by atoms with E-state index in [-0.39, 0.29) is 0 Å². The molecule has 1 aromatic carbocycles. The van der Waals surface area contributed by atoms with Gasteiger partial charge in [-0.3, -0.25) is 0 Å². The molecule has 0 unspecified atom stereocenters. The predicted octanol–water partition coefficient (Wildman–Crippen LogP) is 4.13. The molecule has 100 valence electrons. The standard InChI is InChI=1S/C14H15ClN2OS/c1-3-18-9-13-16-12(15)8-14(17-13)19-11-6-4-10(2)5-7-11/h4-8H,3,9H2,1-2H3. The van der Waals surface area contributed by atoms with Crippen molar-refractivity contribution in [2.75, 3.05) is 6.61 Å². The van der Waals surface area contributed by atoms with Crippen LogP contribution in [-0.2, 0) is 11.3 Å². The third kappa shape index (κ3) is 4.49. The van der Waals surface area contributed by atoms with Gasteiger partial charge in [0.2, 0.25) is 0 Å². The van der Waals surface area contributed by atoms with Crippen LogP contribution in [0, 0.1) is 6.92 Å². The minimum Gasteiger partial charge on any atom is -0.374 e. The fourth-order valence-electron chi connectivity index (χ4n) is 1.48. The molecule has 2 aromatic rings. The van der Waals surface area contributed by atoms with Crippen LogP contribution in [0.15, 0.2) is 40.3 Å². The number of ether oxygens (including phenoxy) is 1. The SMILES string of the molecule is CCOCc1nc(Cl)cc(Sc2ccc(C)cc2)n1. The Morgan fingerprint density at radius 2 is 1.95 bits per heavy atom. The highest BCUT2D eigenvalue weighted by atomic mass is 35.5. The highest BCUT2D eigenvalue weighted by Crippen LogP contribution is 2.27. The molecule has 5 heteroatoms. The topological polar surface area (TPSA) is 35.0 Å². The highest BCUT2D eigenvalue weighted by Gasteiger charge is 2.05. The van der Waals surface area contributed by atoms with Gasteiger partial charge in [-0.1, -0.05) is 41.1 Å². The van der Waals surface area contributed by atoms with E-state index in [0.717, 1.165) is 9.92 Å². The summed E-state index contributed by atoms with van der Waals surface area (Å²) in [6.45, 7) is 5.03. The first-order chi connectivity index (χ1) is 9.17. The smallest absolute Gasteiger partial charge is 0.157 e. The molecule has 0 aliphatic carbocycles. The quantitative estimate of drug-likeness (QED) is 0.777. The van der Waals surface area contributed by atoms with Crippen LogP contribution in [0.3, 0.4) is 0 Å². The summed E-state index contributed by atoms with van der Waals surface area (Å²) in [6.07, 6.45) is 0. The van der Waals surface area contributed by atoms with Crippen LogP contribution in [0.5, 0.6) is 0 Å². The number of benzene rings is 1. The third-order valence-corrected chi connectivity index (χ3v) is 3.52. The lowest BCUT2D eigenvalue weighted by Crippen LogP contribution is -2.00. The number of rotatable bonds is 5. The van der Waals surface area contributed by atoms with Crippen molar-refractivity contribution in [1.29, 1.82) is 0 Å². The van der Waals surface area contributed by atoms with Gasteiger partial charge >= 0.3 is 0 Å². The van der Waals surface area contributed by atoms with Gasteiger partial charge in [-0.05, 0) is 26.0 Å². The molecule has 0 spiro atoms. The molecule has 0 aliphatic heterocycles. The van der Waals surface area contributed by atoms with E-state index >= 15 is 0 Å². The molecule has 0 saturated carbocycles. The third-order valence-electron chi connectivity index (χ3n) is 2.40. The second-order valence-electron chi connectivity index (χ2n) is 4.00. The van der Waals surface area contributed by atoms with Gasteiger partial charge in [0.05, 0.1) is 0 Å². The zero-order valence-electron chi connectivity index (χ0n) is 10.9. The molecular weight excluding hydrogens is 280 g/mol. The molecule has 1 aromatic heterocycles. The maximum atomic E-state index is 6.00. The number of nitrogens with zero attached hydrogens (tertiary/aromatic N) is 2. The van der Waals surface area contributed by atoms with Crippen LogP contribution in [-0.4, -0.2) is 16.6 Å². The fourth-order valence-corrected chi connectivity index (χ4v) is 2.58. The van der Waals surface area contributed by atoms with Crippen molar-refractivity contribution in [3.8, 4) is 0 Å². The Labute approximate surface area is 122 Å². The van der Waals surface area contributed by atoms with Crippen molar-refractivity contribution >= 4 is 23.4 Å². The van der Waals surface area contributed by atoms with Gasteiger partial charge in [0.15, 0.2) is 5.82 Å². The first-order valence-corrected chi connectivity index (χ1v) is 7.22. The van der Waals surface area contributed by atoms with E-state index in [0.29, 0.717) is 24.2 Å².